The highest BCUT2D eigenvalue weighted by atomic mass is 32.2. The molecule has 1 aliphatic heterocycles. The molecule has 0 spiro atoms. The van der Waals surface area contributed by atoms with Crippen molar-refractivity contribution >= 4 is 23.1 Å². The number of benzene rings is 4. The Hall–Kier alpha value is -3.88. The van der Waals surface area contributed by atoms with E-state index in [1.807, 2.05) is 24.3 Å². The third kappa shape index (κ3) is 4.09. The lowest BCUT2D eigenvalue weighted by atomic mass is 9.97. The summed E-state index contributed by atoms with van der Waals surface area (Å²) >= 11 is 1.72. The average Bonchev–Trinajstić information content (AvgIpc) is 2.89. The third-order valence-electron chi connectivity index (χ3n) is 6.01. The van der Waals surface area contributed by atoms with E-state index in [0.717, 1.165) is 27.4 Å². The van der Waals surface area contributed by atoms with E-state index in [-0.39, 0.29) is 0 Å². The Bertz CT molecular complexity index is 1380. The molecule has 0 amide bonds. The van der Waals surface area contributed by atoms with E-state index in [1.54, 1.807) is 26.0 Å². The fourth-order valence-electron chi connectivity index (χ4n) is 4.38. The number of rotatable bonds is 6. The molecule has 0 aromatic heterocycles. The minimum Gasteiger partial charge on any atom is -0.493 e. The van der Waals surface area contributed by atoms with Gasteiger partial charge in [0.1, 0.15) is 6.07 Å². The van der Waals surface area contributed by atoms with Crippen LogP contribution in [0.25, 0.3) is 0 Å². The molecule has 0 bridgehead atoms. The van der Waals surface area contributed by atoms with Crippen LogP contribution in [0.2, 0.25) is 0 Å². The van der Waals surface area contributed by atoms with E-state index in [1.165, 1.54) is 10.5 Å². The summed E-state index contributed by atoms with van der Waals surface area (Å²) in [5.74, 6) is 1.38. The number of nitrogens with zero attached hydrogens (tertiary/aromatic N) is 2. The average molecular weight is 465 g/mol. The predicted molar refractivity (Wildman–Crippen MR) is 136 cm³/mol. The van der Waals surface area contributed by atoms with Crippen LogP contribution >= 0.6 is 11.8 Å². The number of nitriles is 1. The van der Waals surface area contributed by atoms with E-state index in [9.17, 15) is 5.26 Å². The Morgan fingerprint density at radius 1 is 0.794 bits per heavy atom. The van der Waals surface area contributed by atoms with Crippen LogP contribution < -0.4 is 14.4 Å². The normalized spacial score (nSPS) is 11.9. The Balaban J connectivity index is 1.60. The SMILES string of the molecule is COc1ccc(Cc2ccc3c(c2C#N)N(Cc2ccccc2)c2ccccc2S3)cc1OC. The first-order valence-electron chi connectivity index (χ1n) is 11.1. The molecule has 168 valence electrons. The molecule has 0 saturated carbocycles. The summed E-state index contributed by atoms with van der Waals surface area (Å²) in [6.07, 6.45) is 0.627. The van der Waals surface area contributed by atoms with Crippen LogP contribution in [-0.4, -0.2) is 14.2 Å². The van der Waals surface area contributed by atoms with Crippen molar-refractivity contribution in [2.24, 2.45) is 0 Å². The van der Waals surface area contributed by atoms with Crippen molar-refractivity contribution in [1.29, 1.82) is 5.26 Å². The number of para-hydroxylation sites is 1. The van der Waals surface area contributed by atoms with Gasteiger partial charge >= 0.3 is 0 Å². The van der Waals surface area contributed by atoms with Crippen molar-refractivity contribution in [3.05, 3.63) is 107 Å². The molecule has 1 heterocycles. The first-order chi connectivity index (χ1) is 16.7. The second kappa shape index (κ2) is 9.54. The van der Waals surface area contributed by atoms with Gasteiger partial charge in [-0.1, -0.05) is 66.4 Å². The third-order valence-corrected chi connectivity index (χ3v) is 7.13. The Morgan fingerprint density at radius 2 is 1.56 bits per heavy atom. The van der Waals surface area contributed by atoms with Crippen LogP contribution in [0.5, 0.6) is 11.5 Å². The molecule has 5 rings (SSSR count). The van der Waals surface area contributed by atoms with Gasteiger partial charge in [-0.05, 0) is 53.4 Å². The Kier molecular flexibility index (Phi) is 6.16. The fraction of sp³-hybridized carbons (Fsp3) is 0.138. The van der Waals surface area contributed by atoms with Gasteiger partial charge in [-0.2, -0.15) is 5.26 Å². The lowest BCUT2D eigenvalue weighted by Crippen LogP contribution is -2.22. The summed E-state index contributed by atoms with van der Waals surface area (Å²) in [5.41, 5.74) is 6.07. The maximum atomic E-state index is 10.3. The van der Waals surface area contributed by atoms with Gasteiger partial charge in [-0.3, -0.25) is 0 Å². The smallest absolute Gasteiger partial charge is 0.160 e. The highest BCUT2D eigenvalue weighted by Crippen LogP contribution is 2.50. The number of anilines is 2. The van der Waals surface area contributed by atoms with E-state index < -0.39 is 0 Å². The summed E-state index contributed by atoms with van der Waals surface area (Å²) in [4.78, 5) is 4.58. The lowest BCUT2D eigenvalue weighted by Gasteiger charge is -2.34. The highest BCUT2D eigenvalue weighted by molar-refractivity contribution is 7.99. The molecule has 0 atom stereocenters. The van der Waals surface area contributed by atoms with Crippen LogP contribution in [-0.2, 0) is 13.0 Å². The van der Waals surface area contributed by atoms with Crippen LogP contribution in [0.15, 0.2) is 94.7 Å². The second-order valence-corrected chi connectivity index (χ2v) is 9.15. The van der Waals surface area contributed by atoms with Crippen molar-refractivity contribution in [2.45, 2.75) is 22.8 Å². The van der Waals surface area contributed by atoms with Crippen molar-refractivity contribution in [3.8, 4) is 17.6 Å². The van der Waals surface area contributed by atoms with E-state index in [0.29, 0.717) is 30.0 Å². The van der Waals surface area contributed by atoms with Crippen LogP contribution in [0.1, 0.15) is 22.3 Å². The molecule has 34 heavy (non-hydrogen) atoms. The van der Waals surface area contributed by atoms with Gasteiger partial charge in [-0.15, -0.1) is 0 Å². The number of hydrogen-bond donors (Lipinski definition) is 0. The molecule has 4 aromatic carbocycles. The van der Waals surface area contributed by atoms with E-state index >= 15 is 0 Å². The zero-order valence-corrected chi connectivity index (χ0v) is 19.9. The van der Waals surface area contributed by atoms with Crippen molar-refractivity contribution in [2.75, 3.05) is 19.1 Å². The molecule has 0 radical (unpaired) electrons. The number of hydrogen-bond acceptors (Lipinski definition) is 5. The maximum Gasteiger partial charge on any atom is 0.160 e. The van der Waals surface area contributed by atoms with Crippen molar-refractivity contribution in [1.82, 2.24) is 0 Å². The van der Waals surface area contributed by atoms with Gasteiger partial charge in [0, 0.05) is 16.3 Å². The van der Waals surface area contributed by atoms with E-state index in [2.05, 4.69) is 71.6 Å². The Morgan fingerprint density at radius 3 is 2.32 bits per heavy atom. The summed E-state index contributed by atoms with van der Waals surface area (Å²) < 4.78 is 10.9. The summed E-state index contributed by atoms with van der Waals surface area (Å²) in [6.45, 7) is 0.694. The summed E-state index contributed by atoms with van der Waals surface area (Å²) in [6, 6.07) is 31.5. The number of ether oxygens (including phenoxy) is 2. The molecule has 0 aliphatic carbocycles. The zero-order valence-electron chi connectivity index (χ0n) is 19.1. The lowest BCUT2D eigenvalue weighted by molar-refractivity contribution is 0.354. The molecular weight excluding hydrogens is 440 g/mol. The summed E-state index contributed by atoms with van der Waals surface area (Å²) in [7, 11) is 3.27. The Labute approximate surface area is 204 Å². The van der Waals surface area contributed by atoms with Gasteiger partial charge < -0.3 is 14.4 Å². The van der Waals surface area contributed by atoms with Gasteiger partial charge in [-0.25, -0.2) is 0 Å². The van der Waals surface area contributed by atoms with Gasteiger partial charge in [0.05, 0.1) is 31.2 Å². The molecule has 1 aliphatic rings. The van der Waals surface area contributed by atoms with Gasteiger partial charge in [0.25, 0.3) is 0 Å². The first-order valence-corrected chi connectivity index (χ1v) is 11.9. The topological polar surface area (TPSA) is 45.5 Å². The van der Waals surface area contributed by atoms with Gasteiger partial charge in [0.2, 0.25) is 0 Å². The molecule has 0 N–H and O–H groups in total. The highest BCUT2D eigenvalue weighted by Gasteiger charge is 2.27. The standard InChI is InChI=1S/C29H24N2O2S/c1-32-25-14-12-21(17-26(25)33-2)16-22-13-15-28-29(23(22)18-30)31(19-20-8-4-3-5-9-20)24-10-6-7-11-27(24)34-28/h3-15,17H,16,19H2,1-2H3. The molecule has 4 nitrogen and oxygen atoms in total. The quantitative estimate of drug-likeness (QED) is 0.308. The number of methoxy groups -OCH3 is 2. The predicted octanol–water partition coefficient (Wildman–Crippen LogP) is 6.97. The summed E-state index contributed by atoms with van der Waals surface area (Å²) in [5, 5.41) is 10.3. The molecule has 4 aromatic rings. The zero-order chi connectivity index (χ0) is 23.5. The minimum atomic E-state index is 0.627. The second-order valence-electron chi connectivity index (χ2n) is 8.07. The molecule has 5 heteroatoms. The maximum absolute atomic E-state index is 10.3. The largest absolute Gasteiger partial charge is 0.493 e. The molecule has 0 saturated heterocycles. The van der Waals surface area contributed by atoms with Crippen LogP contribution in [0.4, 0.5) is 11.4 Å². The minimum absolute atomic E-state index is 0.627. The van der Waals surface area contributed by atoms with Crippen molar-refractivity contribution in [3.63, 3.8) is 0 Å². The number of fused-ring (bicyclic) bond motifs is 2. The van der Waals surface area contributed by atoms with Gasteiger partial charge in [0.15, 0.2) is 11.5 Å². The molecule has 0 fully saturated rings. The fourth-order valence-corrected chi connectivity index (χ4v) is 5.49. The molecule has 0 unspecified atom stereocenters. The molecular formula is C29H24N2O2S. The monoisotopic (exact) mass is 464 g/mol. The van der Waals surface area contributed by atoms with Crippen LogP contribution in [0.3, 0.4) is 0 Å². The van der Waals surface area contributed by atoms with Crippen LogP contribution in [0, 0.1) is 11.3 Å². The first kappa shape index (κ1) is 21.9. The van der Waals surface area contributed by atoms with E-state index in [4.69, 9.17) is 9.47 Å². The van der Waals surface area contributed by atoms with Crippen molar-refractivity contribution < 1.29 is 9.47 Å².